The Bertz CT molecular complexity index is 651. The van der Waals surface area contributed by atoms with E-state index in [9.17, 15) is 9.18 Å². The highest BCUT2D eigenvalue weighted by atomic mass is 79.9. The fourth-order valence-corrected chi connectivity index (χ4v) is 3.17. The van der Waals surface area contributed by atoms with Crippen LogP contribution in [0.15, 0.2) is 46.9 Å². The van der Waals surface area contributed by atoms with Gasteiger partial charge >= 0.3 is 0 Å². The van der Waals surface area contributed by atoms with E-state index in [0.29, 0.717) is 22.4 Å². The maximum absolute atomic E-state index is 13.0. The fourth-order valence-electron chi connectivity index (χ4n) is 2.59. The minimum Gasteiger partial charge on any atom is -0.294 e. The second kappa shape index (κ2) is 4.89. The zero-order valence-electron chi connectivity index (χ0n) is 10.2. The van der Waals surface area contributed by atoms with Crippen molar-refractivity contribution < 1.29 is 9.18 Å². The normalized spacial score (nSPS) is 16.6. The summed E-state index contributed by atoms with van der Waals surface area (Å²) in [5.41, 5.74) is 3.17. The summed E-state index contributed by atoms with van der Waals surface area (Å²) in [6, 6.07) is 12.4. The zero-order chi connectivity index (χ0) is 13.4. The summed E-state index contributed by atoms with van der Waals surface area (Å²) in [7, 11) is 0. The van der Waals surface area contributed by atoms with Gasteiger partial charge in [-0.15, -0.1) is 0 Å². The number of rotatable bonds is 3. The standard InChI is InChI=1S/C16H12BrFO/c17-15-9-12(18)5-6-14(15)16(19)8-11-7-10-3-1-2-4-13(10)11/h1-6,9,11H,7-8H2. The first kappa shape index (κ1) is 12.5. The third kappa shape index (κ3) is 2.35. The number of carbonyl (C=O) groups excluding carboxylic acids is 1. The molecule has 0 saturated heterocycles. The minimum atomic E-state index is -0.336. The van der Waals surface area contributed by atoms with Crippen LogP contribution in [0.5, 0.6) is 0 Å². The second-order valence-electron chi connectivity index (χ2n) is 4.85. The summed E-state index contributed by atoms with van der Waals surface area (Å²) in [4.78, 5) is 12.2. The van der Waals surface area contributed by atoms with E-state index in [1.54, 1.807) is 6.07 Å². The number of halogens is 2. The Balaban J connectivity index is 1.77. The smallest absolute Gasteiger partial charge is 0.164 e. The molecule has 1 nitrogen and oxygen atoms in total. The van der Waals surface area contributed by atoms with Gasteiger partial charge in [0.25, 0.3) is 0 Å². The van der Waals surface area contributed by atoms with Gasteiger partial charge in [-0.25, -0.2) is 4.39 Å². The molecule has 0 aromatic heterocycles. The van der Waals surface area contributed by atoms with Gasteiger partial charge in [-0.3, -0.25) is 4.79 Å². The molecular weight excluding hydrogens is 307 g/mol. The summed E-state index contributed by atoms with van der Waals surface area (Å²) in [6.07, 6.45) is 1.45. The van der Waals surface area contributed by atoms with Gasteiger partial charge in [-0.05, 0) is 57.6 Å². The SMILES string of the molecule is O=C(CC1Cc2ccccc21)c1ccc(F)cc1Br. The topological polar surface area (TPSA) is 17.1 Å². The molecule has 0 spiro atoms. The van der Waals surface area contributed by atoms with Crippen molar-refractivity contribution in [1.82, 2.24) is 0 Å². The first-order valence-corrected chi connectivity index (χ1v) is 7.00. The average molecular weight is 319 g/mol. The highest BCUT2D eigenvalue weighted by Crippen LogP contribution is 2.38. The van der Waals surface area contributed by atoms with Crippen molar-refractivity contribution in [1.29, 1.82) is 0 Å². The van der Waals surface area contributed by atoms with E-state index < -0.39 is 0 Å². The van der Waals surface area contributed by atoms with Crippen LogP contribution < -0.4 is 0 Å². The molecule has 0 fully saturated rings. The van der Waals surface area contributed by atoms with Gasteiger partial charge in [0, 0.05) is 16.5 Å². The van der Waals surface area contributed by atoms with Crippen molar-refractivity contribution in [2.45, 2.75) is 18.8 Å². The van der Waals surface area contributed by atoms with Crippen LogP contribution in [-0.2, 0) is 6.42 Å². The molecule has 19 heavy (non-hydrogen) atoms. The molecule has 0 saturated carbocycles. The number of ketones is 1. The summed E-state index contributed by atoms with van der Waals surface area (Å²) in [5.74, 6) is 0.0319. The first-order valence-electron chi connectivity index (χ1n) is 6.21. The van der Waals surface area contributed by atoms with Crippen LogP contribution in [0.2, 0.25) is 0 Å². The third-order valence-electron chi connectivity index (χ3n) is 3.62. The maximum Gasteiger partial charge on any atom is 0.164 e. The van der Waals surface area contributed by atoms with E-state index in [-0.39, 0.29) is 11.6 Å². The largest absolute Gasteiger partial charge is 0.294 e. The van der Waals surface area contributed by atoms with E-state index >= 15 is 0 Å². The molecule has 3 rings (SSSR count). The van der Waals surface area contributed by atoms with Crippen molar-refractivity contribution in [3.05, 3.63) is 69.4 Å². The Morgan fingerprint density at radius 1 is 1.26 bits per heavy atom. The lowest BCUT2D eigenvalue weighted by Gasteiger charge is -2.29. The van der Waals surface area contributed by atoms with Gasteiger partial charge in [0.15, 0.2) is 5.78 Å². The second-order valence-corrected chi connectivity index (χ2v) is 5.71. The Morgan fingerprint density at radius 2 is 2.05 bits per heavy atom. The fraction of sp³-hybridized carbons (Fsp3) is 0.188. The Morgan fingerprint density at radius 3 is 2.79 bits per heavy atom. The molecule has 0 aliphatic heterocycles. The van der Waals surface area contributed by atoms with Gasteiger partial charge in [0.05, 0.1) is 0 Å². The van der Waals surface area contributed by atoms with E-state index in [1.807, 2.05) is 12.1 Å². The molecule has 3 heteroatoms. The van der Waals surface area contributed by atoms with E-state index in [1.165, 1.54) is 23.3 Å². The van der Waals surface area contributed by atoms with Crippen molar-refractivity contribution >= 4 is 21.7 Å². The lowest BCUT2D eigenvalue weighted by molar-refractivity contribution is 0.0969. The zero-order valence-corrected chi connectivity index (χ0v) is 11.8. The molecule has 0 bridgehead atoms. The predicted molar refractivity (Wildman–Crippen MR) is 75.9 cm³/mol. The quantitative estimate of drug-likeness (QED) is 0.761. The van der Waals surface area contributed by atoms with E-state index in [4.69, 9.17) is 0 Å². The highest BCUT2D eigenvalue weighted by Gasteiger charge is 2.28. The molecule has 1 atom stereocenters. The molecule has 1 aliphatic rings. The summed E-state index contributed by atoms with van der Waals surface area (Å²) in [6.45, 7) is 0. The number of benzene rings is 2. The summed E-state index contributed by atoms with van der Waals surface area (Å²) in [5, 5.41) is 0. The number of fused-ring (bicyclic) bond motifs is 1. The molecule has 2 aromatic carbocycles. The van der Waals surface area contributed by atoms with Gasteiger partial charge in [-0.1, -0.05) is 24.3 Å². The van der Waals surface area contributed by atoms with E-state index in [2.05, 4.69) is 28.1 Å². The minimum absolute atomic E-state index is 0.0615. The molecule has 0 radical (unpaired) electrons. The van der Waals surface area contributed by atoms with Crippen LogP contribution in [0.1, 0.15) is 33.8 Å². The maximum atomic E-state index is 13.0. The van der Waals surface area contributed by atoms with Gasteiger partial charge in [-0.2, -0.15) is 0 Å². The lowest BCUT2D eigenvalue weighted by Crippen LogP contribution is -2.20. The molecule has 1 aliphatic carbocycles. The number of carbonyl (C=O) groups is 1. The predicted octanol–water partition coefficient (Wildman–Crippen LogP) is 4.50. The molecular formula is C16H12BrFO. The van der Waals surface area contributed by atoms with Crippen LogP contribution in [0.25, 0.3) is 0 Å². The Hall–Kier alpha value is -1.48. The molecule has 0 heterocycles. The first-order chi connectivity index (χ1) is 9.15. The van der Waals surface area contributed by atoms with Crippen LogP contribution >= 0.6 is 15.9 Å². The van der Waals surface area contributed by atoms with Crippen LogP contribution in [0, 0.1) is 5.82 Å². The third-order valence-corrected chi connectivity index (χ3v) is 4.28. The van der Waals surface area contributed by atoms with Gasteiger partial charge < -0.3 is 0 Å². The molecule has 0 amide bonds. The van der Waals surface area contributed by atoms with Crippen molar-refractivity contribution in [3.8, 4) is 0 Å². The monoisotopic (exact) mass is 318 g/mol. The van der Waals surface area contributed by atoms with Gasteiger partial charge in [0.2, 0.25) is 0 Å². The number of Topliss-reactive ketones (excluding diaryl/α,β-unsaturated/α-hetero) is 1. The molecule has 2 aromatic rings. The van der Waals surface area contributed by atoms with Crippen molar-refractivity contribution in [2.24, 2.45) is 0 Å². The van der Waals surface area contributed by atoms with E-state index in [0.717, 1.165) is 6.42 Å². The van der Waals surface area contributed by atoms with Crippen LogP contribution in [-0.4, -0.2) is 5.78 Å². The molecule has 1 unspecified atom stereocenters. The van der Waals surface area contributed by atoms with Crippen molar-refractivity contribution in [2.75, 3.05) is 0 Å². The number of hydrogen-bond donors (Lipinski definition) is 0. The molecule has 96 valence electrons. The van der Waals surface area contributed by atoms with Crippen LogP contribution in [0.3, 0.4) is 0 Å². The Kier molecular flexibility index (Phi) is 3.23. The molecule has 0 N–H and O–H groups in total. The van der Waals surface area contributed by atoms with Crippen LogP contribution in [0.4, 0.5) is 4.39 Å². The van der Waals surface area contributed by atoms with Gasteiger partial charge in [0.1, 0.15) is 5.82 Å². The highest BCUT2D eigenvalue weighted by molar-refractivity contribution is 9.10. The lowest BCUT2D eigenvalue weighted by atomic mass is 9.74. The summed E-state index contributed by atoms with van der Waals surface area (Å²) < 4.78 is 13.5. The number of hydrogen-bond acceptors (Lipinski definition) is 1. The average Bonchev–Trinajstić information content (AvgIpc) is 2.35. The summed E-state index contributed by atoms with van der Waals surface area (Å²) >= 11 is 3.25. The Labute approximate surface area is 119 Å². The van der Waals surface area contributed by atoms with Crippen molar-refractivity contribution in [3.63, 3.8) is 0 Å².